The lowest BCUT2D eigenvalue weighted by atomic mass is 10.1. The second kappa shape index (κ2) is 6.52. The summed E-state index contributed by atoms with van der Waals surface area (Å²) in [6, 6.07) is -0.128. The number of piperazine rings is 1. The van der Waals surface area contributed by atoms with Crippen molar-refractivity contribution in [2.24, 2.45) is 9.98 Å². The van der Waals surface area contributed by atoms with E-state index in [0.29, 0.717) is 12.4 Å². The molecule has 1 fully saturated rings. The largest absolute Gasteiger partial charge is 0.356 e. The molecule has 5 heteroatoms. The van der Waals surface area contributed by atoms with Crippen molar-refractivity contribution in [2.45, 2.75) is 26.3 Å². The van der Waals surface area contributed by atoms with Gasteiger partial charge in [-0.3, -0.25) is 4.79 Å². The average Bonchev–Trinajstić information content (AvgIpc) is 3.02. The fourth-order valence-electron chi connectivity index (χ4n) is 2.45. The van der Waals surface area contributed by atoms with Gasteiger partial charge >= 0.3 is 0 Å². The quantitative estimate of drug-likeness (QED) is 0.589. The summed E-state index contributed by atoms with van der Waals surface area (Å²) in [4.78, 5) is 24.3. The molecule has 0 spiro atoms. The van der Waals surface area contributed by atoms with Gasteiger partial charge in [0.15, 0.2) is 0 Å². The first kappa shape index (κ1) is 15.2. The lowest BCUT2D eigenvalue weighted by Gasteiger charge is -2.42. The molecule has 1 aliphatic carbocycles. The van der Waals surface area contributed by atoms with Gasteiger partial charge < -0.3 is 9.80 Å². The Morgan fingerprint density at radius 2 is 2.29 bits per heavy atom. The van der Waals surface area contributed by atoms with Crippen molar-refractivity contribution in [3.63, 3.8) is 0 Å². The predicted molar refractivity (Wildman–Crippen MR) is 85.8 cm³/mol. The van der Waals surface area contributed by atoms with Crippen molar-refractivity contribution in [2.75, 3.05) is 13.6 Å². The van der Waals surface area contributed by atoms with Crippen LogP contribution in [0.1, 0.15) is 20.3 Å². The normalized spacial score (nSPS) is 24.8. The van der Waals surface area contributed by atoms with Gasteiger partial charge in [-0.05, 0) is 26.1 Å². The number of allylic oxidation sites excluding steroid dienone is 3. The first-order valence-corrected chi connectivity index (χ1v) is 7.04. The van der Waals surface area contributed by atoms with Crippen LogP contribution in [0.25, 0.3) is 0 Å². The van der Waals surface area contributed by atoms with Crippen LogP contribution < -0.4 is 0 Å². The van der Waals surface area contributed by atoms with Crippen LogP contribution >= 0.6 is 0 Å². The topological polar surface area (TPSA) is 48.3 Å². The molecule has 0 aromatic carbocycles. The molecule has 1 heterocycles. The highest BCUT2D eigenvalue weighted by atomic mass is 16.2. The molecule has 1 saturated heterocycles. The molecule has 1 radical (unpaired) electrons. The van der Waals surface area contributed by atoms with Gasteiger partial charge in [-0.15, -0.1) is 0 Å². The third-order valence-corrected chi connectivity index (χ3v) is 3.75. The summed E-state index contributed by atoms with van der Waals surface area (Å²) >= 11 is 0. The first-order valence-electron chi connectivity index (χ1n) is 7.04. The molecular weight excluding hydrogens is 264 g/mol. The molecule has 0 saturated carbocycles. The van der Waals surface area contributed by atoms with Crippen LogP contribution in [0.3, 0.4) is 0 Å². The van der Waals surface area contributed by atoms with Crippen molar-refractivity contribution in [3.8, 4) is 0 Å². The third kappa shape index (κ3) is 3.12. The number of hydrogen-bond donors (Lipinski definition) is 0. The number of likely N-dealkylation sites (N-methyl/N-ethyl adjacent to an activating group) is 1. The molecule has 0 N–H and O–H groups in total. The third-order valence-electron chi connectivity index (χ3n) is 3.75. The van der Waals surface area contributed by atoms with Gasteiger partial charge in [0.2, 0.25) is 5.91 Å². The van der Waals surface area contributed by atoms with Crippen LogP contribution in [0.5, 0.6) is 0 Å². The highest BCUT2D eigenvalue weighted by Gasteiger charge is 2.35. The molecule has 2 aliphatic rings. The summed E-state index contributed by atoms with van der Waals surface area (Å²) < 4.78 is 0. The summed E-state index contributed by atoms with van der Waals surface area (Å²) in [5.74, 6) is 0.677. The summed E-state index contributed by atoms with van der Waals surface area (Å²) in [6.45, 7) is 7.90. The van der Waals surface area contributed by atoms with Crippen molar-refractivity contribution in [1.82, 2.24) is 9.80 Å². The average molecular weight is 285 g/mol. The Balaban J connectivity index is 2.29. The fourth-order valence-corrected chi connectivity index (χ4v) is 2.45. The van der Waals surface area contributed by atoms with E-state index < -0.39 is 0 Å². The Labute approximate surface area is 126 Å². The van der Waals surface area contributed by atoms with Crippen LogP contribution in [0.4, 0.5) is 0 Å². The lowest BCUT2D eigenvalue weighted by molar-refractivity contribution is -0.136. The first-order chi connectivity index (χ1) is 10.1. The number of aliphatic imine (C=N–C) groups is 2. The van der Waals surface area contributed by atoms with E-state index in [1.807, 2.05) is 31.6 Å². The monoisotopic (exact) mass is 285 g/mol. The number of nitrogens with zero attached hydrogens (tertiary/aromatic N) is 4. The second-order valence-corrected chi connectivity index (χ2v) is 5.05. The van der Waals surface area contributed by atoms with Crippen LogP contribution in [-0.4, -0.2) is 47.9 Å². The Bertz CT molecular complexity index is 557. The van der Waals surface area contributed by atoms with E-state index in [9.17, 15) is 4.79 Å². The molecule has 1 aliphatic heterocycles. The van der Waals surface area contributed by atoms with Crippen molar-refractivity contribution in [3.05, 3.63) is 42.2 Å². The highest BCUT2D eigenvalue weighted by molar-refractivity contribution is 5.86. The van der Waals surface area contributed by atoms with Crippen molar-refractivity contribution in [1.29, 1.82) is 0 Å². The number of carbonyl (C=O) groups is 1. The van der Waals surface area contributed by atoms with Crippen molar-refractivity contribution >= 4 is 18.5 Å². The van der Waals surface area contributed by atoms with E-state index in [0.717, 1.165) is 17.8 Å². The van der Waals surface area contributed by atoms with Crippen LogP contribution in [0.15, 0.2) is 45.8 Å². The maximum Gasteiger partial charge on any atom is 0.249 e. The van der Waals surface area contributed by atoms with Gasteiger partial charge in [0, 0.05) is 19.2 Å². The Kier molecular flexibility index (Phi) is 4.73. The molecule has 0 aromatic heterocycles. The van der Waals surface area contributed by atoms with Crippen LogP contribution in [0.2, 0.25) is 0 Å². The van der Waals surface area contributed by atoms with E-state index in [1.165, 1.54) is 0 Å². The standard InChI is InChI=1S/C16H21N4O/c1-5-15-16(21)19(4)14(10-18-12(2)17-3)11-20(15)13-8-6-7-9-13/h6-10,15H,3,5,11H2,1-2,4H3/b14-10+,18-12?/t15-/m1/s1. The van der Waals surface area contributed by atoms with Gasteiger partial charge in [-0.2, -0.15) is 0 Å². The zero-order valence-electron chi connectivity index (χ0n) is 12.8. The van der Waals surface area contributed by atoms with E-state index in [4.69, 9.17) is 0 Å². The van der Waals surface area contributed by atoms with Gasteiger partial charge in [0.1, 0.15) is 11.9 Å². The SMILES string of the molecule is C=NC(C)=N/C=C1\CN(C2=CC=C[CH]2)[C@H](CC)C(=O)N1C. The summed E-state index contributed by atoms with van der Waals surface area (Å²) in [5.41, 5.74) is 1.92. The van der Waals surface area contributed by atoms with E-state index in [2.05, 4.69) is 21.6 Å². The Morgan fingerprint density at radius 1 is 1.52 bits per heavy atom. The molecule has 21 heavy (non-hydrogen) atoms. The van der Waals surface area contributed by atoms with Gasteiger partial charge in [-0.1, -0.05) is 19.1 Å². The smallest absolute Gasteiger partial charge is 0.249 e. The van der Waals surface area contributed by atoms with E-state index in [1.54, 1.807) is 25.1 Å². The number of amides is 1. The Morgan fingerprint density at radius 3 is 2.86 bits per heavy atom. The molecule has 0 aromatic rings. The van der Waals surface area contributed by atoms with Gasteiger partial charge in [-0.25, -0.2) is 9.98 Å². The highest BCUT2D eigenvalue weighted by Crippen LogP contribution is 2.27. The zero-order chi connectivity index (χ0) is 15.4. The summed E-state index contributed by atoms with van der Waals surface area (Å²) in [5, 5.41) is 0. The maximum atomic E-state index is 12.5. The maximum absolute atomic E-state index is 12.5. The zero-order valence-corrected chi connectivity index (χ0v) is 12.8. The molecule has 0 bridgehead atoms. The number of carbonyl (C=O) groups excluding carboxylic acids is 1. The van der Waals surface area contributed by atoms with E-state index in [-0.39, 0.29) is 11.9 Å². The molecule has 1 amide bonds. The van der Waals surface area contributed by atoms with Gasteiger partial charge in [0.25, 0.3) is 0 Å². The van der Waals surface area contributed by atoms with Crippen LogP contribution in [0, 0.1) is 6.42 Å². The summed E-state index contributed by atoms with van der Waals surface area (Å²) in [7, 11) is 1.80. The summed E-state index contributed by atoms with van der Waals surface area (Å²) in [6.07, 6.45) is 10.5. The minimum Gasteiger partial charge on any atom is -0.356 e. The number of amidine groups is 1. The predicted octanol–water partition coefficient (Wildman–Crippen LogP) is 2.16. The number of hydrogen-bond acceptors (Lipinski definition) is 3. The molecule has 111 valence electrons. The molecule has 5 nitrogen and oxygen atoms in total. The van der Waals surface area contributed by atoms with Crippen LogP contribution in [-0.2, 0) is 4.79 Å². The molecule has 0 unspecified atom stereocenters. The molecule has 2 rings (SSSR count). The minimum atomic E-state index is -0.128. The minimum absolute atomic E-state index is 0.0932. The van der Waals surface area contributed by atoms with Gasteiger partial charge in [0.05, 0.1) is 18.4 Å². The number of rotatable bonds is 3. The second-order valence-electron chi connectivity index (χ2n) is 5.05. The lowest BCUT2D eigenvalue weighted by Crippen LogP contribution is -2.53. The van der Waals surface area contributed by atoms with Crippen molar-refractivity contribution < 1.29 is 4.79 Å². The molecule has 1 atom stereocenters. The fraction of sp³-hybridized carbons (Fsp3) is 0.375. The molecular formula is C16H21N4O. The van der Waals surface area contributed by atoms with E-state index >= 15 is 0 Å². The Hall–Kier alpha value is -2.17.